The molecule has 26 heavy (non-hydrogen) atoms. The maximum absolute atomic E-state index is 12.0. The number of methoxy groups -OCH3 is 1. The molecule has 0 saturated carbocycles. The van der Waals surface area contributed by atoms with Crippen LogP contribution < -0.4 is 25.0 Å². The smallest absolute Gasteiger partial charge is 0.329 e. The highest BCUT2D eigenvalue weighted by Crippen LogP contribution is 2.32. The number of amides is 2. The number of hydrogen-bond donors (Lipinski definition) is 2. The van der Waals surface area contributed by atoms with Gasteiger partial charge in [0.2, 0.25) is 6.79 Å². The number of hydrogen-bond acceptors (Lipinski definition) is 6. The summed E-state index contributed by atoms with van der Waals surface area (Å²) in [5.74, 6) is -0.246. The molecule has 9 heteroatoms. The van der Waals surface area contributed by atoms with Gasteiger partial charge in [-0.05, 0) is 42.0 Å². The zero-order chi connectivity index (χ0) is 18.5. The van der Waals surface area contributed by atoms with Gasteiger partial charge in [0.1, 0.15) is 5.75 Å². The van der Waals surface area contributed by atoms with Crippen LogP contribution in [0.2, 0.25) is 5.02 Å². The van der Waals surface area contributed by atoms with E-state index in [1.165, 1.54) is 19.4 Å². The quantitative estimate of drug-likeness (QED) is 0.485. The number of ether oxygens (including phenoxy) is 3. The van der Waals surface area contributed by atoms with Gasteiger partial charge in [0.15, 0.2) is 11.5 Å². The topological polar surface area (TPSA) is 98.2 Å². The van der Waals surface area contributed by atoms with Crippen molar-refractivity contribution in [1.29, 1.82) is 0 Å². The van der Waals surface area contributed by atoms with E-state index >= 15 is 0 Å². The summed E-state index contributed by atoms with van der Waals surface area (Å²) in [7, 11) is 1.44. The summed E-state index contributed by atoms with van der Waals surface area (Å²) < 4.78 is 15.5. The molecule has 0 radical (unpaired) electrons. The van der Waals surface area contributed by atoms with Crippen molar-refractivity contribution in [2.45, 2.75) is 0 Å². The van der Waals surface area contributed by atoms with Crippen LogP contribution in [0.25, 0.3) is 0 Å². The van der Waals surface area contributed by atoms with Crippen LogP contribution in [0.1, 0.15) is 5.56 Å². The first-order valence-electron chi connectivity index (χ1n) is 7.44. The molecule has 0 spiro atoms. The number of rotatable bonds is 4. The van der Waals surface area contributed by atoms with Crippen molar-refractivity contribution in [2.75, 3.05) is 19.2 Å². The maximum Gasteiger partial charge on any atom is 0.329 e. The van der Waals surface area contributed by atoms with Crippen molar-refractivity contribution in [3.8, 4) is 17.2 Å². The van der Waals surface area contributed by atoms with Crippen molar-refractivity contribution < 1.29 is 23.8 Å². The second-order valence-electron chi connectivity index (χ2n) is 5.11. The molecule has 0 bridgehead atoms. The molecule has 2 N–H and O–H groups in total. The first-order valence-corrected chi connectivity index (χ1v) is 7.82. The van der Waals surface area contributed by atoms with Gasteiger partial charge in [0, 0.05) is 5.02 Å². The summed E-state index contributed by atoms with van der Waals surface area (Å²) in [4.78, 5) is 23.8. The lowest BCUT2D eigenvalue weighted by Gasteiger charge is -2.09. The molecule has 0 aliphatic carbocycles. The van der Waals surface area contributed by atoms with E-state index in [1.54, 1.807) is 30.3 Å². The molecule has 3 rings (SSSR count). The fourth-order valence-corrected chi connectivity index (χ4v) is 2.34. The van der Waals surface area contributed by atoms with E-state index in [-0.39, 0.29) is 12.5 Å². The van der Waals surface area contributed by atoms with Crippen LogP contribution in [-0.2, 0) is 9.59 Å². The molecular weight excluding hydrogens is 362 g/mol. The van der Waals surface area contributed by atoms with Gasteiger partial charge in [0.05, 0.1) is 19.0 Å². The van der Waals surface area contributed by atoms with Crippen molar-refractivity contribution >= 4 is 35.3 Å². The van der Waals surface area contributed by atoms with E-state index in [0.29, 0.717) is 27.8 Å². The van der Waals surface area contributed by atoms with Gasteiger partial charge >= 0.3 is 11.8 Å². The normalized spacial score (nSPS) is 12.1. The Labute approximate surface area is 153 Å². The first kappa shape index (κ1) is 17.6. The maximum atomic E-state index is 12.0. The molecule has 1 aliphatic rings. The fourth-order valence-electron chi connectivity index (χ4n) is 2.17. The molecule has 2 aromatic rings. The second kappa shape index (κ2) is 7.75. The molecule has 2 aromatic carbocycles. The minimum atomic E-state index is -0.941. The van der Waals surface area contributed by atoms with Gasteiger partial charge in [-0.3, -0.25) is 9.59 Å². The highest BCUT2D eigenvalue weighted by atomic mass is 35.5. The van der Waals surface area contributed by atoms with Crippen LogP contribution in [0.15, 0.2) is 41.5 Å². The number of nitrogens with zero attached hydrogens (tertiary/aromatic N) is 1. The molecule has 0 aromatic heterocycles. The van der Waals surface area contributed by atoms with E-state index < -0.39 is 11.8 Å². The van der Waals surface area contributed by atoms with Crippen LogP contribution in [-0.4, -0.2) is 31.9 Å². The molecule has 0 unspecified atom stereocenters. The molecule has 8 nitrogen and oxygen atoms in total. The van der Waals surface area contributed by atoms with E-state index in [4.69, 9.17) is 25.8 Å². The van der Waals surface area contributed by atoms with Gasteiger partial charge in [-0.15, -0.1) is 0 Å². The predicted molar refractivity (Wildman–Crippen MR) is 94.9 cm³/mol. The molecule has 0 fully saturated rings. The Balaban J connectivity index is 1.59. The SMILES string of the molecule is COc1ccc(Cl)cc1NC(=O)C(=O)N/N=C/c1ccc2c(c1)OCO2. The Kier molecular flexibility index (Phi) is 5.23. The number of carbonyl (C=O) groups excluding carboxylic acids is 2. The predicted octanol–water partition coefficient (Wildman–Crippen LogP) is 2.17. The molecule has 134 valence electrons. The van der Waals surface area contributed by atoms with E-state index in [2.05, 4.69) is 15.8 Å². The summed E-state index contributed by atoms with van der Waals surface area (Å²) in [6.07, 6.45) is 1.38. The highest BCUT2D eigenvalue weighted by Gasteiger charge is 2.16. The minimum absolute atomic E-state index is 0.166. The Morgan fingerprint density at radius 2 is 1.96 bits per heavy atom. The third-order valence-electron chi connectivity index (χ3n) is 3.39. The molecule has 1 aliphatic heterocycles. The summed E-state index contributed by atoms with van der Waals surface area (Å²) in [5.41, 5.74) is 3.09. The Hall–Kier alpha value is -3.26. The average Bonchev–Trinajstić information content (AvgIpc) is 3.09. The van der Waals surface area contributed by atoms with Crippen LogP contribution in [0.3, 0.4) is 0 Å². The minimum Gasteiger partial charge on any atom is -0.495 e. The van der Waals surface area contributed by atoms with Crippen LogP contribution in [0.4, 0.5) is 5.69 Å². The van der Waals surface area contributed by atoms with Gasteiger partial charge in [-0.1, -0.05) is 11.6 Å². The lowest BCUT2D eigenvalue weighted by atomic mass is 10.2. The number of halogens is 1. The number of fused-ring (bicyclic) bond motifs is 1. The second-order valence-corrected chi connectivity index (χ2v) is 5.55. The highest BCUT2D eigenvalue weighted by molar-refractivity contribution is 6.40. The van der Waals surface area contributed by atoms with Crippen molar-refractivity contribution in [3.63, 3.8) is 0 Å². The molecule has 1 heterocycles. The summed E-state index contributed by atoms with van der Waals surface area (Å²) in [6.45, 7) is 0.166. The monoisotopic (exact) mass is 375 g/mol. The zero-order valence-electron chi connectivity index (χ0n) is 13.6. The zero-order valence-corrected chi connectivity index (χ0v) is 14.4. The first-order chi connectivity index (χ1) is 12.6. The third-order valence-corrected chi connectivity index (χ3v) is 3.63. The summed E-state index contributed by atoms with van der Waals surface area (Å²) in [5, 5.41) is 6.56. The van der Waals surface area contributed by atoms with E-state index in [1.807, 2.05) is 0 Å². The van der Waals surface area contributed by atoms with Gasteiger partial charge in [-0.25, -0.2) is 5.43 Å². The van der Waals surface area contributed by atoms with Crippen molar-refractivity contribution in [2.24, 2.45) is 5.10 Å². The molecular formula is C17H14ClN3O5. The number of hydrazone groups is 1. The number of nitrogens with one attached hydrogen (secondary N) is 2. The largest absolute Gasteiger partial charge is 0.495 e. The van der Waals surface area contributed by atoms with Gasteiger partial charge in [0.25, 0.3) is 0 Å². The standard InChI is InChI=1S/C17H14ClN3O5/c1-24-13-5-3-11(18)7-12(13)20-16(22)17(23)21-19-8-10-2-4-14-15(6-10)26-9-25-14/h2-8H,9H2,1H3,(H,20,22)(H,21,23)/b19-8+. The lowest BCUT2D eigenvalue weighted by molar-refractivity contribution is -0.136. The molecule has 2 amide bonds. The molecule has 0 atom stereocenters. The number of benzene rings is 2. The molecule has 0 saturated heterocycles. The van der Waals surface area contributed by atoms with E-state index in [9.17, 15) is 9.59 Å². The third kappa shape index (κ3) is 4.04. The van der Waals surface area contributed by atoms with Gasteiger partial charge in [-0.2, -0.15) is 5.10 Å². The van der Waals surface area contributed by atoms with E-state index in [0.717, 1.165) is 0 Å². The van der Waals surface area contributed by atoms with Crippen molar-refractivity contribution in [3.05, 3.63) is 47.0 Å². The van der Waals surface area contributed by atoms with Gasteiger partial charge < -0.3 is 19.5 Å². The Morgan fingerprint density at radius 3 is 2.77 bits per heavy atom. The lowest BCUT2D eigenvalue weighted by Crippen LogP contribution is -2.32. The Morgan fingerprint density at radius 1 is 1.15 bits per heavy atom. The average molecular weight is 376 g/mol. The van der Waals surface area contributed by atoms with Crippen LogP contribution >= 0.6 is 11.6 Å². The summed E-state index contributed by atoms with van der Waals surface area (Å²) >= 11 is 5.88. The Bertz CT molecular complexity index is 885. The number of carbonyl (C=O) groups is 2. The van der Waals surface area contributed by atoms with Crippen LogP contribution in [0, 0.1) is 0 Å². The van der Waals surface area contributed by atoms with Crippen molar-refractivity contribution in [1.82, 2.24) is 5.43 Å². The van der Waals surface area contributed by atoms with Crippen LogP contribution in [0.5, 0.6) is 17.2 Å². The summed E-state index contributed by atoms with van der Waals surface area (Å²) in [6, 6.07) is 9.82. The number of anilines is 1. The fraction of sp³-hybridized carbons (Fsp3) is 0.118.